The van der Waals surface area contributed by atoms with Crippen molar-refractivity contribution in [1.29, 1.82) is 0 Å². The molecule has 2 aromatic heterocycles. The van der Waals surface area contributed by atoms with Crippen LogP contribution in [0.1, 0.15) is 16.1 Å². The molecule has 6 heteroatoms. The van der Waals surface area contributed by atoms with Gasteiger partial charge in [-0.15, -0.1) is 0 Å². The summed E-state index contributed by atoms with van der Waals surface area (Å²) < 4.78 is 16.1. The summed E-state index contributed by atoms with van der Waals surface area (Å²) >= 11 is 0. The van der Waals surface area contributed by atoms with Crippen LogP contribution in [-0.4, -0.2) is 25.1 Å². The molecule has 4 aromatic rings. The average Bonchev–Trinajstić information content (AvgIpc) is 3.30. The number of carbonyl (C=O) groups is 1. The van der Waals surface area contributed by atoms with Crippen LogP contribution in [0.2, 0.25) is 0 Å². The van der Waals surface area contributed by atoms with E-state index in [-0.39, 0.29) is 5.91 Å². The Kier molecular flexibility index (Phi) is 5.16. The van der Waals surface area contributed by atoms with Gasteiger partial charge in [0.15, 0.2) is 0 Å². The van der Waals surface area contributed by atoms with Crippen molar-refractivity contribution in [2.75, 3.05) is 14.2 Å². The molecule has 0 aliphatic heterocycles. The van der Waals surface area contributed by atoms with Crippen LogP contribution in [0.15, 0.2) is 71.3 Å². The molecule has 0 unspecified atom stereocenters. The van der Waals surface area contributed by atoms with Crippen LogP contribution in [0.3, 0.4) is 0 Å². The third-order valence-electron chi connectivity index (χ3n) is 4.65. The van der Waals surface area contributed by atoms with E-state index >= 15 is 0 Å². The first-order valence-corrected chi connectivity index (χ1v) is 9.12. The molecule has 0 aliphatic rings. The highest BCUT2D eigenvalue weighted by Crippen LogP contribution is 2.34. The predicted molar refractivity (Wildman–Crippen MR) is 110 cm³/mol. The summed E-state index contributed by atoms with van der Waals surface area (Å²) in [6.45, 7) is 0.309. The number of nitrogens with zero attached hydrogens (tertiary/aromatic N) is 1. The maximum Gasteiger partial charge on any atom is 0.252 e. The zero-order valence-electron chi connectivity index (χ0n) is 16.1. The normalized spacial score (nSPS) is 10.7. The van der Waals surface area contributed by atoms with E-state index in [1.165, 1.54) is 0 Å². The number of carbonyl (C=O) groups excluding carboxylic acids is 1. The Morgan fingerprint density at radius 3 is 2.66 bits per heavy atom. The number of hydrogen-bond acceptors (Lipinski definition) is 5. The summed E-state index contributed by atoms with van der Waals surface area (Å²) in [4.78, 5) is 17.7. The molecule has 4 rings (SSSR count). The van der Waals surface area contributed by atoms with E-state index in [1.54, 1.807) is 38.7 Å². The summed E-state index contributed by atoms with van der Waals surface area (Å²) in [5, 5.41) is 3.69. The third-order valence-corrected chi connectivity index (χ3v) is 4.65. The Bertz CT molecular complexity index is 1150. The molecular weight excluding hydrogens is 368 g/mol. The lowest BCUT2D eigenvalue weighted by atomic mass is 10.0. The zero-order valence-corrected chi connectivity index (χ0v) is 16.1. The first-order chi connectivity index (χ1) is 14.2. The van der Waals surface area contributed by atoms with Gasteiger partial charge in [0.2, 0.25) is 0 Å². The van der Waals surface area contributed by atoms with Gasteiger partial charge in [-0.1, -0.05) is 18.2 Å². The topological polar surface area (TPSA) is 73.6 Å². The minimum Gasteiger partial charge on any atom is -0.497 e. The fourth-order valence-corrected chi connectivity index (χ4v) is 3.19. The second-order valence-corrected chi connectivity index (χ2v) is 6.40. The molecule has 1 amide bonds. The van der Waals surface area contributed by atoms with E-state index in [0.29, 0.717) is 35.1 Å². The van der Waals surface area contributed by atoms with Crippen molar-refractivity contribution in [2.45, 2.75) is 6.54 Å². The van der Waals surface area contributed by atoms with Crippen LogP contribution >= 0.6 is 0 Å². The van der Waals surface area contributed by atoms with Gasteiger partial charge in [0, 0.05) is 17.0 Å². The van der Waals surface area contributed by atoms with Crippen LogP contribution in [-0.2, 0) is 6.54 Å². The summed E-state index contributed by atoms with van der Waals surface area (Å²) in [7, 11) is 3.19. The highest BCUT2D eigenvalue weighted by molar-refractivity contribution is 6.07. The van der Waals surface area contributed by atoms with E-state index in [4.69, 9.17) is 18.9 Å². The van der Waals surface area contributed by atoms with Crippen molar-refractivity contribution in [3.05, 3.63) is 78.3 Å². The van der Waals surface area contributed by atoms with E-state index in [9.17, 15) is 4.79 Å². The number of amides is 1. The molecular formula is C23H20N2O4. The lowest BCUT2D eigenvalue weighted by Crippen LogP contribution is -2.23. The van der Waals surface area contributed by atoms with Gasteiger partial charge in [0.05, 0.1) is 43.8 Å². The van der Waals surface area contributed by atoms with Gasteiger partial charge in [-0.25, -0.2) is 4.98 Å². The van der Waals surface area contributed by atoms with Crippen LogP contribution in [0.25, 0.3) is 22.2 Å². The van der Waals surface area contributed by atoms with Crippen molar-refractivity contribution < 1.29 is 18.7 Å². The molecule has 0 bridgehead atoms. The van der Waals surface area contributed by atoms with Crippen LogP contribution in [0.4, 0.5) is 0 Å². The number of rotatable bonds is 6. The Morgan fingerprint density at radius 1 is 1.03 bits per heavy atom. The van der Waals surface area contributed by atoms with Gasteiger partial charge in [-0.05, 0) is 36.4 Å². The number of methoxy groups -OCH3 is 2. The first kappa shape index (κ1) is 18.6. The van der Waals surface area contributed by atoms with E-state index < -0.39 is 0 Å². The molecule has 1 N–H and O–H groups in total. The predicted octanol–water partition coefficient (Wildman–Crippen LogP) is 4.44. The van der Waals surface area contributed by atoms with Gasteiger partial charge in [0.25, 0.3) is 5.91 Å². The number of hydrogen-bond donors (Lipinski definition) is 1. The molecule has 2 aromatic carbocycles. The van der Waals surface area contributed by atoms with Gasteiger partial charge in [-0.2, -0.15) is 0 Å². The fraction of sp³-hybridized carbons (Fsp3) is 0.130. The fourth-order valence-electron chi connectivity index (χ4n) is 3.19. The second kappa shape index (κ2) is 8.06. The molecule has 29 heavy (non-hydrogen) atoms. The summed E-state index contributed by atoms with van der Waals surface area (Å²) in [6.07, 6.45) is 1.58. The molecule has 0 saturated heterocycles. The van der Waals surface area contributed by atoms with Crippen molar-refractivity contribution in [3.8, 4) is 22.8 Å². The number of fused-ring (bicyclic) bond motifs is 1. The minimum atomic E-state index is -0.200. The Morgan fingerprint density at radius 2 is 1.90 bits per heavy atom. The Labute approximate surface area is 168 Å². The molecule has 146 valence electrons. The van der Waals surface area contributed by atoms with Gasteiger partial charge < -0.3 is 19.2 Å². The molecule has 0 aliphatic carbocycles. The van der Waals surface area contributed by atoms with Crippen molar-refractivity contribution in [3.63, 3.8) is 0 Å². The maximum absolute atomic E-state index is 13.0. The summed E-state index contributed by atoms with van der Waals surface area (Å²) in [5.41, 5.74) is 2.69. The summed E-state index contributed by atoms with van der Waals surface area (Å²) in [5.74, 6) is 1.79. The standard InChI is InChI=1S/C23H20N2O4/c1-27-15-9-10-18(22(12-15)28-2)21-13-19(17-7-3-4-8-20(17)25-21)23(26)24-14-16-6-5-11-29-16/h3-13H,14H2,1-2H3,(H,24,26). The minimum absolute atomic E-state index is 0.200. The molecule has 6 nitrogen and oxygen atoms in total. The molecule has 0 fully saturated rings. The van der Waals surface area contributed by atoms with Crippen LogP contribution < -0.4 is 14.8 Å². The number of nitrogens with one attached hydrogen (secondary N) is 1. The van der Waals surface area contributed by atoms with Crippen molar-refractivity contribution >= 4 is 16.8 Å². The quantitative estimate of drug-likeness (QED) is 0.529. The molecule has 2 heterocycles. The number of furan rings is 1. The smallest absolute Gasteiger partial charge is 0.252 e. The summed E-state index contributed by atoms with van der Waals surface area (Å²) in [6, 6.07) is 18.5. The van der Waals surface area contributed by atoms with Gasteiger partial charge in [0.1, 0.15) is 17.3 Å². The first-order valence-electron chi connectivity index (χ1n) is 9.12. The number of para-hydroxylation sites is 1. The average molecular weight is 388 g/mol. The Balaban J connectivity index is 1.78. The molecule has 0 atom stereocenters. The monoisotopic (exact) mass is 388 g/mol. The molecule has 0 spiro atoms. The van der Waals surface area contributed by atoms with E-state index in [1.807, 2.05) is 42.5 Å². The van der Waals surface area contributed by atoms with Gasteiger partial charge in [-0.3, -0.25) is 4.79 Å². The van der Waals surface area contributed by atoms with Crippen LogP contribution in [0, 0.1) is 0 Å². The highest BCUT2D eigenvalue weighted by atomic mass is 16.5. The second-order valence-electron chi connectivity index (χ2n) is 6.40. The number of aromatic nitrogens is 1. The van der Waals surface area contributed by atoms with Crippen molar-refractivity contribution in [1.82, 2.24) is 10.3 Å². The van der Waals surface area contributed by atoms with E-state index in [2.05, 4.69) is 5.32 Å². The Hall–Kier alpha value is -3.80. The highest BCUT2D eigenvalue weighted by Gasteiger charge is 2.16. The molecule has 0 radical (unpaired) electrons. The lowest BCUT2D eigenvalue weighted by molar-refractivity contribution is 0.0949. The third kappa shape index (κ3) is 3.78. The number of benzene rings is 2. The lowest BCUT2D eigenvalue weighted by Gasteiger charge is -2.13. The zero-order chi connectivity index (χ0) is 20.2. The van der Waals surface area contributed by atoms with Crippen molar-refractivity contribution in [2.24, 2.45) is 0 Å². The van der Waals surface area contributed by atoms with Crippen LogP contribution in [0.5, 0.6) is 11.5 Å². The number of ether oxygens (including phenoxy) is 2. The SMILES string of the molecule is COc1ccc(-c2cc(C(=O)NCc3ccco3)c3ccccc3n2)c(OC)c1. The van der Waals surface area contributed by atoms with E-state index in [0.717, 1.165) is 16.5 Å². The van der Waals surface area contributed by atoms with Gasteiger partial charge >= 0.3 is 0 Å². The molecule has 0 saturated carbocycles. The maximum atomic E-state index is 13.0. The largest absolute Gasteiger partial charge is 0.497 e. The number of pyridine rings is 1.